The summed E-state index contributed by atoms with van der Waals surface area (Å²) in [6, 6.07) is 16.8. The summed E-state index contributed by atoms with van der Waals surface area (Å²) in [6.45, 7) is 1.70. The van der Waals surface area contributed by atoms with Crippen LogP contribution >= 0.6 is 0 Å². The van der Waals surface area contributed by atoms with Gasteiger partial charge in [0.05, 0.1) is 11.4 Å². The van der Waals surface area contributed by atoms with Crippen molar-refractivity contribution in [2.45, 2.75) is 61.8 Å². The average Bonchev–Trinajstić information content (AvgIpc) is 2.81. The predicted octanol–water partition coefficient (Wildman–Crippen LogP) is 4.12. The molecule has 2 N–H and O–H groups in total. The fourth-order valence-corrected chi connectivity index (χ4v) is 6.08. The number of nitrogens with zero attached hydrogens (tertiary/aromatic N) is 1. The molecule has 1 amide bonds. The first-order valence-electron chi connectivity index (χ1n) is 11.7. The van der Waals surface area contributed by atoms with E-state index >= 15 is 0 Å². The van der Waals surface area contributed by atoms with Gasteiger partial charge in [-0.15, -0.1) is 0 Å². The lowest BCUT2D eigenvalue weighted by Crippen LogP contribution is -2.46. The number of rotatable bonds is 7. The second-order valence-electron chi connectivity index (χ2n) is 8.99. The topological polar surface area (TPSA) is 78.5 Å². The van der Waals surface area contributed by atoms with Gasteiger partial charge in [-0.3, -0.25) is 9.69 Å². The molecule has 2 fully saturated rings. The molecule has 32 heavy (non-hydrogen) atoms. The highest BCUT2D eigenvalue weighted by molar-refractivity contribution is 7.89. The summed E-state index contributed by atoms with van der Waals surface area (Å²) in [7, 11) is -3.54. The molecule has 1 saturated carbocycles. The van der Waals surface area contributed by atoms with Crippen molar-refractivity contribution in [1.29, 1.82) is 0 Å². The zero-order chi connectivity index (χ0) is 22.4. The van der Waals surface area contributed by atoms with Crippen molar-refractivity contribution >= 4 is 21.6 Å². The van der Waals surface area contributed by atoms with E-state index in [4.69, 9.17) is 0 Å². The van der Waals surface area contributed by atoms with Gasteiger partial charge in [0.25, 0.3) is 0 Å². The van der Waals surface area contributed by atoms with Gasteiger partial charge in [-0.25, -0.2) is 13.1 Å². The summed E-state index contributed by atoms with van der Waals surface area (Å²) >= 11 is 0. The molecule has 1 heterocycles. The largest absolute Gasteiger partial charge is 0.325 e. The number of carbonyl (C=O) groups is 1. The number of sulfonamides is 1. The summed E-state index contributed by atoms with van der Waals surface area (Å²) in [5.41, 5.74) is 2.04. The molecule has 2 aromatic carbocycles. The van der Waals surface area contributed by atoms with E-state index in [1.165, 1.54) is 37.7 Å². The van der Waals surface area contributed by atoms with Crippen LogP contribution in [0.2, 0.25) is 0 Å². The van der Waals surface area contributed by atoms with Gasteiger partial charge < -0.3 is 5.32 Å². The fourth-order valence-electron chi connectivity index (χ4n) is 4.78. The van der Waals surface area contributed by atoms with Crippen molar-refractivity contribution in [3.05, 3.63) is 60.2 Å². The van der Waals surface area contributed by atoms with Crippen LogP contribution in [-0.4, -0.2) is 44.9 Å². The maximum atomic E-state index is 12.9. The number of piperidine rings is 1. The van der Waals surface area contributed by atoms with Crippen molar-refractivity contribution in [3.8, 4) is 0 Å². The number of nitrogens with one attached hydrogen (secondary N) is 2. The van der Waals surface area contributed by atoms with Crippen LogP contribution in [0.25, 0.3) is 0 Å². The molecule has 0 atom stereocenters. The average molecular weight is 456 g/mol. The third-order valence-corrected chi connectivity index (χ3v) is 8.14. The summed E-state index contributed by atoms with van der Waals surface area (Å²) in [5.74, 6) is 0.519. The van der Waals surface area contributed by atoms with Gasteiger partial charge in [-0.2, -0.15) is 0 Å². The van der Waals surface area contributed by atoms with Crippen LogP contribution in [0.1, 0.15) is 56.4 Å². The fraction of sp³-hybridized carbons (Fsp3) is 0.480. The van der Waals surface area contributed by atoms with Crippen molar-refractivity contribution in [1.82, 2.24) is 9.62 Å². The number of likely N-dealkylation sites (tertiary alicyclic amines) is 1. The summed E-state index contributed by atoms with van der Waals surface area (Å²) in [4.78, 5) is 14.7. The number of anilines is 1. The molecule has 1 aliphatic carbocycles. The van der Waals surface area contributed by atoms with E-state index in [1.54, 1.807) is 12.1 Å². The molecule has 0 spiro atoms. The Morgan fingerprint density at radius 2 is 1.53 bits per heavy atom. The van der Waals surface area contributed by atoms with Gasteiger partial charge in [-0.1, -0.05) is 49.6 Å². The first-order chi connectivity index (χ1) is 15.5. The molecule has 2 aliphatic rings. The Bertz CT molecular complexity index is 979. The minimum absolute atomic E-state index is 0.0479. The van der Waals surface area contributed by atoms with Crippen LogP contribution in [-0.2, 0) is 14.8 Å². The number of hydrogen-bond acceptors (Lipinski definition) is 4. The molecule has 2 aromatic rings. The van der Waals surface area contributed by atoms with Crippen LogP contribution < -0.4 is 10.0 Å². The van der Waals surface area contributed by atoms with Crippen LogP contribution in [0.5, 0.6) is 0 Å². The number of para-hydroxylation sites is 1. The van der Waals surface area contributed by atoms with E-state index < -0.39 is 10.0 Å². The summed E-state index contributed by atoms with van der Waals surface area (Å²) in [6.07, 6.45) is 7.62. The van der Waals surface area contributed by atoms with E-state index in [0.717, 1.165) is 5.69 Å². The molecule has 1 saturated heterocycles. The molecule has 0 radical (unpaired) electrons. The first kappa shape index (κ1) is 23.0. The third-order valence-electron chi connectivity index (χ3n) is 6.60. The highest BCUT2D eigenvalue weighted by Crippen LogP contribution is 2.33. The smallest absolute Gasteiger partial charge is 0.240 e. The van der Waals surface area contributed by atoms with E-state index in [9.17, 15) is 13.2 Å². The van der Waals surface area contributed by atoms with E-state index in [2.05, 4.69) is 14.9 Å². The Morgan fingerprint density at radius 1 is 0.875 bits per heavy atom. The molecular weight excluding hydrogens is 422 g/mol. The zero-order valence-electron chi connectivity index (χ0n) is 18.5. The summed E-state index contributed by atoms with van der Waals surface area (Å²) in [5, 5.41) is 2.90. The normalized spacial score (nSPS) is 19.0. The van der Waals surface area contributed by atoms with Crippen LogP contribution in [0.15, 0.2) is 59.5 Å². The zero-order valence-corrected chi connectivity index (χ0v) is 19.3. The second-order valence-corrected chi connectivity index (χ2v) is 10.7. The van der Waals surface area contributed by atoms with Gasteiger partial charge in [0.15, 0.2) is 0 Å². The van der Waals surface area contributed by atoms with Crippen molar-refractivity contribution in [3.63, 3.8) is 0 Å². The van der Waals surface area contributed by atoms with Crippen LogP contribution in [0, 0.1) is 0 Å². The third kappa shape index (κ3) is 6.18. The lowest BCUT2D eigenvalue weighted by molar-refractivity contribution is -0.117. The molecule has 172 valence electrons. The van der Waals surface area contributed by atoms with Gasteiger partial charge in [0.2, 0.25) is 15.9 Å². The van der Waals surface area contributed by atoms with Crippen LogP contribution in [0.4, 0.5) is 5.69 Å². The van der Waals surface area contributed by atoms with Gasteiger partial charge >= 0.3 is 0 Å². The van der Waals surface area contributed by atoms with Crippen molar-refractivity contribution < 1.29 is 13.2 Å². The molecule has 1 aliphatic heterocycles. The minimum Gasteiger partial charge on any atom is -0.325 e. The number of benzene rings is 2. The molecule has 0 bridgehead atoms. The lowest BCUT2D eigenvalue weighted by atomic mass is 9.84. The molecule has 6 nitrogen and oxygen atoms in total. The van der Waals surface area contributed by atoms with Crippen molar-refractivity contribution in [2.75, 3.05) is 25.0 Å². The number of carbonyl (C=O) groups excluding carboxylic acids is 1. The summed E-state index contributed by atoms with van der Waals surface area (Å²) < 4.78 is 28.6. The lowest BCUT2D eigenvalue weighted by Gasteiger charge is -2.31. The molecule has 7 heteroatoms. The Labute approximate surface area is 191 Å². The Balaban J connectivity index is 1.25. The van der Waals surface area contributed by atoms with Gasteiger partial charge in [-0.05, 0) is 61.4 Å². The maximum Gasteiger partial charge on any atom is 0.240 e. The van der Waals surface area contributed by atoms with Gasteiger partial charge in [0, 0.05) is 24.8 Å². The predicted molar refractivity (Wildman–Crippen MR) is 127 cm³/mol. The molecule has 4 rings (SSSR count). The van der Waals surface area contributed by atoms with Crippen molar-refractivity contribution in [2.24, 2.45) is 0 Å². The molecular formula is C25H33N3O3S. The van der Waals surface area contributed by atoms with Gasteiger partial charge in [0.1, 0.15) is 0 Å². The monoisotopic (exact) mass is 455 g/mol. The quantitative estimate of drug-likeness (QED) is 0.658. The highest BCUT2D eigenvalue weighted by Gasteiger charge is 2.26. The van der Waals surface area contributed by atoms with E-state index in [0.29, 0.717) is 43.3 Å². The van der Waals surface area contributed by atoms with E-state index in [1.807, 2.05) is 42.5 Å². The SMILES string of the molecule is O=C(CN1CCC(NS(=O)(=O)c2ccc(C3CCCCC3)cc2)CC1)Nc1ccccc1. The number of hydrogen-bond donors (Lipinski definition) is 2. The van der Waals surface area contributed by atoms with Crippen LogP contribution in [0.3, 0.4) is 0 Å². The van der Waals surface area contributed by atoms with E-state index in [-0.39, 0.29) is 11.9 Å². The maximum absolute atomic E-state index is 12.9. The highest BCUT2D eigenvalue weighted by atomic mass is 32.2. The second kappa shape index (κ2) is 10.6. The molecule has 0 unspecified atom stereocenters. The standard InChI is InChI=1S/C25H33N3O3S/c29-25(26-22-9-5-2-6-10-22)19-28-17-15-23(16-18-28)27-32(30,31)24-13-11-21(12-14-24)20-7-3-1-4-8-20/h2,5-6,9-14,20,23,27H,1,3-4,7-8,15-19H2,(H,26,29). The first-order valence-corrected chi connectivity index (χ1v) is 13.2. The Morgan fingerprint density at radius 3 is 2.19 bits per heavy atom. The Kier molecular flexibility index (Phi) is 7.60. The molecule has 0 aromatic heterocycles. The Hall–Kier alpha value is -2.22. The number of amides is 1. The minimum atomic E-state index is -3.54.